The monoisotopic (exact) mass is 272 g/mol. The van der Waals surface area contributed by atoms with E-state index in [1.54, 1.807) is 6.33 Å². The minimum Gasteiger partial charge on any atom is -0.323 e. The Kier molecular flexibility index (Phi) is 5.33. The van der Waals surface area contributed by atoms with Crippen LogP contribution in [0.3, 0.4) is 0 Å². The summed E-state index contributed by atoms with van der Waals surface area (Å²) in [5.41, 5.74) is 2.00. The molecule has 0 amide bonds. The summed E-state index contributed by atoms with van der Waals surface area (Å²) in [6, 6.07) is 7.96. The van der Waals surface area contributed by atoms with Gasteiger partial charge in [0.15, 0.2) is 5.78 Å². The van der Waals surface area contributed by atoms with E-state index in [1.807, 2.05) is 28.8 Å². The van der Waals surface area contributed by atoms with E-state index < -0.39 is 0 Å². The molecule has 1 atom stereocenters. The van der Waals surface area contributed by atoms with Gasteiger partial charge in [0, 0.05) is 6.42 Å². The number of nitrogens with zero attached hydrogens (tertiary/aromatic N) is 2. The SMILES string of the molecule is CCCCC(CC)CC(=O)Cn1cnc2ccccc21. The summed E-state index contributed by atoms with van der Waals surface area (Å²) in [6.07, 6.45) is 7.16. The van der Waals surface area contributed by atoms with E-state index in [0.29, 0.717) is 24.7 Å². The molecule has 0 bridgehead atoms. The summed E-state index contributed by atoms with van der Waals surface area (Å²) in [6.45, 7) is 4.83. The van der Waals surface area contributed by atoms with Gasteiger partial charge < -0.3 is 4.57 Å². The molecule has 2 rings (SSSR count). The second-order valence-corrected chi connectivity index (χ2v) is 5.52. The highest BCUT2D eigenvalue weighted by Gasteiger charge is 2.13. The number of ketones is 1. The molecule has 3 nitrogen and oxygen atoms in total. The molecule has 0 aliphatic rings. The van der Waals surface area contributed by atoms with Gasteiger partial charge in [-0.15, -0.1) is 0 Å². The van der Waals surface area contributed by atoms with E-state index in [1.165, 1.54) is 19.3 Å². The molecule has 3 heteroatoms. The number of carbonyl (C=O) groups is 1. The van der Waals surface area contributed by atoms with Crippen LogP contribution < -0.4 is 0 Å². The summed E-state index contributed by atoms with van der Waals surface area (Å²) in [5, 5.41) is 0. The average Bonchev–Trinajstić information content (AvgIpc) is 2.87. The van der Waals surface area contributed by atoms with Crippen molar-refractivity contribution in [2.24, 2.45) is 5.92 Å². The Morgan fingerprint density at radius 2 is 2.10 bits per heavy atom. The van der Waals surface area contributed by atoms with Crippen LogP contribution in [0.25, 0.3) is 11.0 Å². The molecule has 0 N–H and O–H groups in total. The molecule has 0 fully saturated rings. The van der Waals surface area contributed by atoms with Gasteiger partial charge in [-0.3, -0.25) is 4.79 Å². The van der Waals surface area contributed by atoms with Crippen molar-refractivity contribution in [1.29, 1.82) is 0 Å². The van der Waals surface area contributed by atoms with Crippen LogP contribution in [0.5, 0.6) is 0 Å². The van der Waals surface area contributed by atoms with Crippen LogP contribution in [0, 0.1) is 5.92 Å². The molecule has 1 unspecified atom stereocenters. The zero-order valence-electron chi connectivity index (χ0n) is 12.5. The van der Waals surface area contributed by atoms with Crippen LogP contribution in [0.15, 0.2) is 30.6 Å². The second-order valence-electron chi connectivity index (χ2n) is 5.52. The number of carbonyl (C=O) groups excluding carboxylic acids is 1. The lowest BCUT2D eigenvalue weighted by molar-refractivity contribution is -0.120. The number of unbranched alkanes of at least 4 members (excludes halogenated alkanes) is 1. The van der Waals surface area contributed by atoms with Crippen LogP contribution in [-0.4, -0.2) is 15.3 Å². The Bertz CT molecular complexity index is 559. The number of benzene rings is 1. The lowest BCUT2D eigenvalue weighted by Gasteiger charge is -2.13. The van der Waals surface area contributed by atoms with Crippen LogP contribution in [0.2, 0.25) is 0 Å². The third-order valence-corrected chi connectivity index (χ3v) is 3.93. The fourth-order valence-electron chi connectivity index (χ4n) is 2.66. The Hall–Kier alpha value is -1.64. The number of hydrogen-bond donors (Lipinski definition) is 0. The van der Waals surface area contributed by atoms with Crippen LogP contribution in [0.4, 0.5) is 0 Å². The van der Waals surface area contributed by atoms with Gasteiger partial charge in [0.1, 0.15) is 0 Å². The first-order chi connectivity index (χ1) is 9.74. The van der Waals surface area contributed by atoms with Crippen molar-refractivity contribution in [2.45, 2.75) is 52.5 Å². The van der Waals surface area contributed by atoms with Gasteiger partial charge in [-0.1, -0.05) is 51.7 Å². The van der Waals surface area contributed by atoms with Crippen molar-refractivity contribution in [3.8, 4) is 0 Å². The van der Waals surface area contributed by atoms with Gasteiger partial charge in [-0.05, 0) is 18.1 Å². The van der Waals surface area contributed by atoms with Gasteiger partial charge >= 0.3 is 0 Å². The maximum atomic E-state index is 12.2. The molecule has 20 heavy (non-hydrogen) atoms. The lowest BCUT2D eigenvalue weighted by atomic mass is 9.94. The molecular weight excluding hydrogens is 248 g/mol. The van der Waals surface area contributed by atoms with E-state index >= 15 is 0 Å². The number of imidazole rings is 1. The van der Waals surface area contributed by atoms with Gasteiger partial charge in [0.25, 0.3) is 0 Å². The number of para-hydroxylation sites is 2. The molecule has 1 heterocycles. The normalized spacial score (nSPS) is 12.7. The van der Waals surface area contributed by atoms with Crippen molar-refractivity contribution in [3.63, 3.8) is 0 Å². The molecule has 2 aromatic rings. The Morgan fingerprint density at radius 3 is 2.85 bits per heavy atom. The molecule has 108 valence electrons. The largest absolute Gasteiger partial charge is 0.323 e. The van der Waals surface area contributed by atoms with Crippen molar-refractivity contribution < 1.29 is 4.79 Å². The predicted octanol–water partition coefficient (Wildman–Crippen LogP) is 4.21. The lowest BCUT2D eigenvalue weighted by Crippen LogP contribution is -2.14. The zero-order valence-corrected chi connectivity index (χ0v) is 12.5. The zero-order chi connectivity index (χ0) is 14.4. The van der Waals surface area contributed by atoms with Gasteiger partial charge in [-0.25, -0.2) is 4.98 Å². The van der Waals surface area contributed by atoms with E-state index in [9.17, 15) is 4.79 Å². The van der Waals surface area contributed by atoms with Crippen molar-refractivity contribution >= 4 is 16.8 Å². The molecule has 0 spiro atoms. The number of fused-ring (bicyclic) bond motifs is 1. The highest BCUT2D eigenvalue weighted by molar-refractivity contribution is 5.82. The van der Waals surface area contributed by atoms with E-state index in [2.05, 4.69) is 18.8 Å². The van der Waals surface area contributed by atoms with Gasteiger partial charge in [0.05, 0.1) is 23.9 Å². The molecule has 1 aromatic heterocycles. The first-order valence-corrected chi connectivity index (χ1v) is 7.66. The molecule has 0 saturated carbocycles. The Balaban J connectivity index is 1.97. The van der Waals surface area contributed by atoms with Crippen molar-refractivity contribution in [2.75, 3.05) is 0 Å². The fourth-order valence-corrected chi connectivity index (χ4v) is 2.66. The fraction of sp³-hybridized carbons (Fsp3) is 0.529. The predicted molar refractivity (Wildman–Crippen MR) is 82.7 cm³/mol. The van der Waals surface area contributed by atoms with E-state index in [4.69, 9.17) is 0 Å². The topological polar surface area (TPSA) is 34.9 Å². The quantitative estimate of drug-likeness (QED) is 0.721. The number of Topliss-reactive ketones (excluding diaryl/α,β-unsaturated/α-hetero) is 1. The Labute approximate surface area is 121 Å². The maximum Gasteiger partial charge on any atom is 0.152 e. The highest BCUT2D eigenvalue weighted by Crippen LogP contribution is 2.18. The maximum absolute atomic E-state index is 12.2. The molecule has 0 aliphatic carbocycles. The van der Waals surface area contributed by atoms with Crippen molar-refractivity contribution in [1.82, 2.24) is 9.55 Å². The number of hydrogen-bond acceptors (Lipinski definition) is 2. The third kappa shape index (κ3) is 3.69. The molecule has 1 aromatic carbocycles. The summed E-state index contributed by atoms with van der Waals surface area (Å²) in [7, 11) is 0. The first kappa shape index (κ1) is 14.8. The molecule has 0 radical (unpaired) electrons. The third-order valence-electron chi connectivity index (χ3n) is 3.93. The standard InChI is InChI=1S/C17H24N2O/c1-3-5-8-14(4-2)11-15(20)12-19-13-18-16-9-6-7-10-17(16)19/h6-7,9-10,13-14H,3-5,8,11-12H2,1-2H3. The summed E-state index contributed by atoms with van der Waals surface area (Å²) >= 11 is 0. The van der Waals surface area contributed by atoms with E-state index in [0.717, 1.165) is 17.5 Å². The second kappa shape index (κ2) is 7.22. The first-order valence-electron chi connectivity index (χ1n) is 7.66. The van der Waals surface area contributed by atoms with Gasteiger partial charge in [-0.2, -0.15) is 0 Å². The van der Waals surface area contributed by atoms with E-state index in [-0.39, 0.29) is 0 Å². The van der Waals surface area contributed by atoms with Crippen molar-refractivity contribution in [3.05, 3.63) is 30.6 Å². The minimum atomic E-state index is 0.316. The minimum absolute atomic E-state index is 0.316. The number of rotatable bonds is 8. The highest BCUT2D eigenvalue weighted by atomic mass is 16.1. The van der Waals surface area contributed by atoms with Crippen LogP contribution in [-0.2, 0) is 11.3 Å². The number of aromatic nitrogens is 2. The summed E-state index contributed by atoms with van der Waals surface area (Å²) in [5.74, 6) is 0.855. The van der Waals surface area contributed by atoms with Crippen LogP contribution in [0.1, 0.15) is 46.0 Å². The molecular formula is C17H24N2O. The van der Waals surface area contributed by atoms with Gasteiger partial charge in [0.2, 0.25) is 0 Å². The Morgan fingerprint density at radius 1 is 1.30 bits per heavy atom. The summed E-state index contributed by atoms with van der Waals surface area (Å²) in [4.78, 5) is 16.6. The molecule has 0 saturated heterocycles. The van der Waals surface area contributed by atoms with Crippen LogP contribution >= 0.6 is 0 Å². The summed E-state index contributed by atoms with van der Waals surface area (Å²) < 4.78 is 1.96. The molecule has 0 aliphatic heterocycles. The average molecular weight is 272 g/mol. The smallest absolute Gasteiger partial charge is 0.152 e.